The Balaban J connectivity index is 1.88. The molecule has 0 saturated heterocycles. The van der Waals surface area contributed by atoms with Crippen LogP contribution in [0.5, 0.6) is 0 Å². The smallest absolute Gasteiger partial charge is 0.326 e. The molecule has 38 heavy (non-hydrogen) atoms. The third-order valence-electron chi connectivity index (χ3n) is 5.78. The van der Waals surface area contributed by atoms with Gasteiger partial charge in [0, 0.05) is 41.8 Å². The van der Waals surface area contributed by atoms with Crippen LogP contribution in [0.2, 0.25) is 0 Å². The predicted molar refractivity (Wildman–Crippen MR) is 135 cm³/mol. The number of para-hydroxylation sites is 1. The number of carboxylic acids is 1. The first-order chi connectivity index (χ1) is 18.0. The van der Waals surface area contributed by atoms with Gasteiger partial charge in [-0.2, -0.15) is 0 Å². The van der Waals surface area contributed by atoms with E-state index in [0.717, 1.165) is 10.9 Å². The number of rotatable bonds is 13. The molecule has 0 radical (unpaired) electrons. The van der Waals surface area contributed by atoms with E-state index in [1.54, 1.807) is 6.20 Å². The first kappa shape index (κ1) is 27.9. The number of amides is 4. The topological polar surface area (TPSA) is 238 Å². The molecule has 3 aromatic rings. The number of fused-ring (bicyclic) bond motifs is 1. The lowest BCUT2D eigenvalue weighted by atomic mass is 10.0. The maximum atomic E-state index is 13.4. The van der Waals surface area contributed by atoms with Crippen LogP contribution in [-0.4, -0.2) is 73.8 Å². The molecule has 2 heterocycles. The number of hydrogen-bond donors (Lipinski definition) is 8. The molecule has 0 aliphatic carbocycles. The monoisotopic (exact) mass is 526 g/mol. The molecule has 0 fully saturated rings. The molecule has 0 spiro atoms. The molecular weight excluding hydrogens is 496 g/mol. The number of primary amides is 1. The molecule has 10 N–H and O–H groups in total. The summed E-state index contributed by atoms with van der Waals surface area (Å²) < 4.78 is 0. The highest BCUT2D eigenvalue weighted by Crippen LogP contribution is 2.19. The molecule has 4 unspecified atom stereocenters. The van der Waals surface area contributed by atoms with E-state index >= 15 is 0 Å². The summed E-state index contributed by atoms with van der Waals surface area (Å²) in [5, 5.41) is 17.7. The highest BCUT2D eigenvalue weighted by atomic mass is 16.4. The van der Waals surface area contributed by atoms with Crippen molar-refractivity contribution in [2.75, 3.05) is 0 Å². The lowest BCUT2D eigenvalue weighted by Gasteiger charge is -2.24. The maximum Gasteiger partial charge on any atom is 0.326 e. The molecule has 4 atom stereocenters. The average molecular weight is 527 g/mol. The highest BCUT2D eigenvalue weighted by molar-refractivity contribution is 5.95. The Hall–Kier alpha value is -4.72. The summed E-state index contributed by atoms with van der Waals surface area (Å²) >= 11 is 0. The summed E-state index contributed by atoms with van der Waals surface area (Å²) in [5.74, 6) is -4.54. The summed E-state index contributed by atoms with van der Waals surface area (Å²) in [4.78, 5) is 71.6. The van der Waals surface area contributed by atoms with Gasteiger partial charge in [0.15, 0.2) is 0 Å². The second-order valence-electron chi connectivity index (χ2n) is 8.83. The largest absolute Gasteiger partial charge is 0.480 e. The average Bonchev–Trinajstić information content (AvgIpc) is 3.52. The van der Waals surface area contributed by atoms with Gasteiger partial charge < -0.3 is 42.5 Å². The van der Waals surface area contributed by atoms with Crippen LogP contribution in [-0.2, 0) is 36.8 Å². The minimum Gasteiger partial charge on any atom is -0.480 e. The van der Waals surface area contributed by atoms with Crippen molar-refractivity contribution in [1.82, 2.24) is 30.9 Å². The van der Waals surface area contributed by atoms with Crippen LogP contribution in [0.1, 0.15) is 24.6 Å². The quantitative estimate of drug-likeness (QED) is 0.129. The number of aromatic amines is 2. The number of benzene rings is 1. The van der Waals surface area contributed by atoms with Gasteiger partial charge in [-0.3, -0.25) is 19.2 Å². The lowest BCUT2D eigenvalue weighted by Crippen LogP contribution is -2.58. The number of aromatic nitrogens is 3. The minimum atomic E-state index is -1.60. The maximum absolute atomic E-state index is 13.4. The molecule has 3 rings (SSSR count). The van der Waals surface area contributed by atoms with E-state index in [-0.39, 0.29) is 12.8 Å². The molecule has 0 saturated carbocycles. The number of carboxylic acid groups (broad SMARTS) is 1. The van der Waals surface area contributed by atoms with Gasteiger partial charge in [-0.1, -0.05) is 18.2 Å². The van der Waals surface area contributed by atoms with Gasteiger partial charge in [-0.15, -0.1) is 0 Å². The van der Waals surface area contributed by atoms with Crippen molar-refractivity contribution in [2.24, 2.45) is 11.5 Å². The van der Waals surface area contributed by atoms with Crippen LogP contribution in [0, 0.1) is 0 Å². The molecule has 202 valence electrons. The zero-order valence-electron chi connectivity index (χ0n) is 20.6. The fraction of sp³-hybridized carbons (Fsp3) is 0.333. The number of hydrogen-bond acceptors (Lipinski definition) is 7. The fourth-order valence-electron chi connectivity index (χ4n) is 3.80. The number of aliphatic carboxylic acids is 1. The normalized spacial score (nSPS) is 14.2. The summed E-state index contributed by atoms with van der Waals surface area (Å²) in [6.45, 7) is 1.46. The van der Waals surface area contributed by atoms with E-state index in [1.165, 1.54) is 19.4 Å². The molecule has 0 bridgehead atoms. The minimum absolute atomic E-state index is 0.0190. The van der Waals surface area contributed by atoms with Crippen LogP contribution < -0.4 is 27.4 Å². The van der Waals surface area contributed by atoms with Gasteiger partial charge in [0.1, 0.15) is 18.1 Å². The number of carbonyl (C=O) groups excluding carboxylic acids is 4. The van der Waals surface area contributed by atoms with Crippen LogP contribution in [0.4, 0.5) is 0 Å². The Morgan fingerprint density at radius 2 is 1.58 bits per heavy atom. The van der Waals surface area contributed by atoms with Gasteiger partial charge >= 0.3 is 5.97 Å². The molecule has 0 aliphatic heterocycles. The van der Waals surface area contributed by atoms with Gasteiger partial charge in [-0.05, 0) is 18.6 Å². The molecule has 4 amide bonds. The van der Waals surface area contributed by atoms with Crippen molar-refractivity contribution in [3.05, 3.63) is 54.2 Å². The Kier molecular flexibility index (Phi) is 9.16. The van der Waals surface area contributed by atoms with Gasteiger partial charge in [-0.25, -0.2) is 9.78 Å². The van der Waals surface area contributed by atoms with Crippen molar-refractivity contribution in [1.29, 1.82) is 0 Å². The van der Waals surface area contributed by atoms with Crippen LogP contribution in [0.3, 0.4) is 0 Å². The summed E-state index contributed by atoms with van der Waals surface area (Å²) in [5.41, 5.74) is 12.8. The van der Waals surface area contributed by atoms with E-state index in [4.69, 9.17) is 11.5 Å². The summed E-state index contributed by atoms with van der Waals surface area (Å²) in [7, 11) is 0. The lowest BCUT2D eigenvalue weighted by molar-refractivity contribution is -0.143. The molecule has 14 nitrogen and oxygen atoms in total. The van der Waals surface area contributed by atoms with Crippen LogP contribution >= 0.6 is 0 Å². The van der Waals surface area contributed by atoms with Crippen molar-refractivity contribution in [3.63, 3.8) is 0 Å². The molecular formula is C24H30N8O6. The van der Waals surface area contributed by atoms with E-state index in [9.17, 15) is 29.1 Å². The number of nitrogens with one attached hydrogen (secondary N) is 5. The summed E-state index contributed by atoms with van der Waals surface area (Å²) in [6, 6.07) is 2.41. The number of H-pyrrole nitrogens is 2. The van der Waals surface area contributed by atoms with E-state index in [0.29, 0.717) is 11.3 Å². The van der Waals surface area contributed by atoms with E-state index in [1.807, 2.05) is 24.3 Å². The Labute approximate surface area is 216 Å². The van der Waals surface area contributed by atoms with Crippen molar-refractivity contribution in [3.8, 4) is 0 Å². The third-order valence-corrected chi connectivity index (χ3v) is 5.78. The Bertz CT molecular complexity index is 1300. The second kappa shape index (κ2) is 12.5. The predicted octanol–water partition coefficient (Wildman–Crippen LogP) is -1.56. The molecule has 1 aromatic carbocycles. The second-order valence-corrected chi connectivity index (χ2v) is 8.83. The number of nitrogens with two attached hydrogens (primary N) is 2. The van der Waals surface area contributed by atoms with Crippen LogP contribution in [0.15, 0.2) is 43.0 Å². The van der Waals surface area contributed by atoms with E-state index < -0.39 is 60.2 Å². The standard InChI is InChI=1S/C24H30N8O6/c1-12(25)21(34)30-18(7-14-10-27-11-29-14)23(36)31-17(22(35)32-19(24(37)38)8-20(26)33)6-13-9-28-16-5-3-2-4-15(13)16/h2-5,9-12,17-19,28H,6-8,25H2,1H3,(H2,26,33)(H,27,29)(H,30,34)(H,31,36)(H,32,35)(H,37,38). The van der Waals surface area contributed by atoms with Crippen molar-refractivity contribution >= 4 is 40.5 Å². The van der Waals surface area contributed by atoms with E-state index in [2.05, 4.69) is 30.9 Å². The first-order valence-corrected chi connectivity index (χ1v) is 11.7. The number of nitrogens with zero attached hydrogens (tertiary/aromatic N) is 1. The fourth-order valence-corrected chi connectivity index (χ4v) is 3.80. The van der Waals surface area contributed by atoms with Gasteiger partial charge in [0.25, 0.3) is 0 Å². The molecule has 14 heteroatoms. The molecule has 2 aromatic heterocycles. The zero-order chi connectivity index (χ0) is 27.8. The van der Waals surface area contributed by atoms with Crippen molar-refractivity contribution < 1.29 is 29.1 Å². The SMILES string of the molecule is CC(N)C(=O)NC(Cc1cnc[nH]1)C(=O)NC(Cc1c[nH]c2ccccc12)C(=O)NC(CC(N)=O)C(=O)O. The highest BCUT2D eigenvalue weighted by Gasteiger charge is 2.31. The first-order valence-electron chi connectivity index (χ1n) is 11.7. The van der Waals surface area contributed by atoms with Crippen molar-refractivity contribution in [2.45, 2.75) is 50.4 Å². The Morgan fingerprint density at radius 3 is 2.18 bits per heavy atom. The van der Waals surface area contributed by atoms with Crippen LogP contribution in [0.25, 0.3) is 10.9 Å². The van der Waals surface area contributed by atoms with Gasteiger partial charge in [0.2, 0.25) is 23.6 Å². The molecule has 0 aliphatic rings. The summed E-state index contributed by atoms with van der Waals surface area (Å²) in [6.07, 6.45) is 3.93. The van der Waals surface area contributed by atoms with Gasteiger partial charge in [0.05, 0.1) is 18.8 Å². The number of carbonyl (C=O) groups is 5. The zero-order valence-corrected chi connectivity index (χ0v) is 20.6. The Morgan fingerprint density at radius 1 is 0.947 bits per heavy atom. The number of imidazole rings is 1. The third kappa shape index (κ3) is 7.39.